The standard InChI is InChI=1S/C13H22BrN3O2/c1-9(2)19-7-5-6-15-13(18)11(4)17-8-12(14)10(3)16-17/h8-9,11H,5-7H2,1-4H3,(H,15,18). The van der Waals surface area contributed by atoms with Crippen molar-refractivity contribution in [2.45, 2.75) is 46.3 Å². The van der Waals surface area contributed by atoms with Gasteiger partial charge in [-0.05, 0) is 50.0 Å². The molecule has 1 rings (SSSR count). The smallest absolute Gasteiger partial charge is 0.244 e. The van der Waals surface area contributed by atoms with Gasteiger partial charge in [-0.25, -0.2) is 0 Å². The lowest BCUT2D eigenvalue weighted by Crippen LogP contribution is -2.32. The Morgan fingerprint density at radius 3 is 2.74 bits per heavy atom. The van der Waals surface area contributed by atoms with Crippen molar-refractivity contribution in [1.82, 2.24) is 15.1 Å². The summed E-state index contributed by atoms with van der Waals surface area (Å²) >= 11 is 3.39. The molecule has 1 unspecified atom stereocenters. The number of aryl methyl sites for hydroxylation is 1. The lowest BCUT2D eigenvalue weighted by Gasteiger charge is -2.13. The predicted octanol–water partition coefficient (Wildman–Crippen LogP) is 2.45. The Morgan fingerprint density at radius 2 is 2.21 bits per heavy atom. The minimum atomic E-state index is -0.309. The van der Waals surface area contributed by atoms with Crippen molar-refractivity contribution >= 4 is 21.8 Å². The van der Waals surface area contributed by atoms with Crippen molar-refractivity contribution in [2.75, 3.05) is 13.2 Å². The average molecular weight is 332 g/mol. The van der Waals surface area contributed by atoms with Crippen molar-refractivity contribution in [3.05, 3.63) is 16.4 Å². The number of rotatable bonds is 7. The first-order chi connectivity index (χ1) is 8.91. The van der Waals surface area contributed by atoms with Gasteiger partial charge in [-0.3, -0.25) is 9.48 Å². The lowest BCUT2D eigenvalue weighted by molar-refractivity contribution is -0.124. The Bertz CT molecular complexity index is 399. The van der Waals surface area contributed by atoms with E-state index in [4.69, 9.17) is 4.74 Å². The van der Waals surface area contributed by atoms with Crippen LogP contribution in [0.2, 0.25) is 0 Å². The molecular formula is C13H22BrN3O2. The van der Waals surface area contributed by atoms with E-state index in [2.05, 4.69) is 26.3 Å². The minimum Gasteiger partial charge on any atom is -0.379 e. The Balaban J connectivity index is 2.33. The molecule has 0 saturated carbocycles. The summed E-state index contributed by atoms with van der Waals surface area (Å²) in [7, 11) is 0. The summed E-state index contributed by atoms with van der Waals surface area (Å²) in [5.41, 5.74) is 0.880. The lowest BCUT2D eigenvalue weighted by atomic mass is 10.3. The normalized spacial score (nSPS) is 12.7. The number of hydrogen-bond acceptors (Lipinski definition) is 3. The van der Waals surface area contributed by atoms with Gasteiger partial charge in [-0.1, -0.05) is 0 Å². The quantitative estimate of drug-likeness (QED) is 0.781. The van der Waals surface area contributed by atoms with Crippen LogP contribution in [-0.2, 0) is 9.53 Å². The molecule has 0 aliphatic rings. The maximum atomic E-state index is 11.9. The highest BCUT2D eigenvalue weighted by molar-refractivity contribution is 9.10. The first-order valence-electron chi connectivity index (χ1n) is 6.52. The number of nitrogens with one attached hydrogen (secondary N) is 1. The number of halogens is 1. The molecule has 6 heteroatoms. The third-order valence-electron chi connectivity index (χ3n) is 2.70. The van der Waals surface area contributed by atoms with Crippen molar-refractivity contribution in [2.24, 2.45) is 0 Å². The van der Waals surface area contributed by atoms with E-state index in [-0.39, 0.29) is 18.1 Å². The number of hydrogen-bond donors (Lipinski definition) is 1. The number of aromatic nitrogens is 2. The number of carbonyl (C=O) groups is 1. The van der Waals surface area contributed by atoms with Crippen LogP contribution >= 0.6 is 15.9 Å². The van der Waals surface area contributed by atoms with Gasteiger partial charge in [0.15, 0.2) is 0 Å². The molecule has 0 spiro atoms. The van der Waals surface area contributed by atoms with E-state index in [1.807, 2.05) is 33.9 Å². The highest BCUT2D eigenvalue weighted by atomic mass is 79.9. The SMILES string of the molecule is Cc1nn(C(C)C(=O)NCCCOC(C)C)cc1Br. The van der Waals surface area contributed by atoms with E-state index in [1.54, 1.807) is 4.68 Å². The van der Waals surface area contributed by atoms with Gasteiger partial charge in [0.25, 0.3) is 0 Å². The van der Waals surface area contributed by atoms with Crippen LogP contribution in [0.5, 0.6) is 0 Å². The van der Waals surface area contributed by atoms with Crippen LogP contribution in [0.15, 0.2) is 10.7 Å². The molecule has 108 valence electrons. The van der Waals surface area contributed by atoms with E-state index >= 15 is 0 Å². The van der Waals surface area contributed by atoms with Gasteiger partial charge in [0.1, 0.15) is 6.04 Å². The van der Waals surface area contributed by atoms with E-state index in [1.165, 1.54) is 0 Å². The van der Waals surface area contributed by atoms with Crippen molar-refractivity contribution in [1.29, 1.82) is 0 Å². The largest absolute Gasteiger partial charge is 0.379 e. The molecule has 5 nitrogen and oxygen atoms in total. The molecule has 0 bridgehead atoms. The molecule has 1 atom stereocenters. The second kappa shape index (κ2) is 7.65. The molecule has 0 fully saturated rings. The summed E-state index contributed by atoms with van der Waals surface area (Å²) in [4.78, 5) is 11.9. The number of carbonyl (C=O) groups excluding carboxylic acids is 1. The molecule has 0 aliphatic carbocycles. The first kappa shape index (κ1) is 16.2. The zero-order valence-corrected chi connectivity index (χ0v) is 13.5. The maximum Gasteiger partial charge on any atom is 0.244 e. The van der Waals surface area contributed by atoms with Crippen LogP contribution < -0.4 is 5.32 Å². The Labute approximate surface area is 122 Å². The second-order valence-corrected chi connectivity index (χ2v) is 5.64. The van der Waals surface area contributed by atoms with Gasteiger partial charge >= 0.3 is 0 Å². The fourth-order valence-electron chi connectivity index (χ4n) is 1.53. The molecule has 0 aromatic carbocycles. The summed E-state index contributed by atoms with van der Waals surface area (Å²) in [5, 5.41) is 7.17. The zero-order chi connectivity index (χ0) is 14.4. The Hall–Kier alpha value is -0.880. The maximum absolute atomic E-state index is 11.9. The fourth-order valence-corrected chi connectivity index (χ4v) is 1.82. The van der Waals surface area contributed by atoms with Gasteiger partial charge in [0.2, 0.25) is 5.91 Å². The summed E-state index contributed by atoms with van der Waals surface area (Å²) in [6.45, 7) is 9.01. The molecule has 19 heavy (non-hydrogen) atoms. The van der Waals surface area contributed by atoms with Crippen LogP contribution in [0, 0.1) is 6.92 Å². The fraction of sp³-hybridized carbons (Fsp3) is 0.692. The van der Waals surface area contributed by atoms with Gasteiger partial charge in [0.05, 0.1) is 16.3 Å². The molecule has 1 N–H and O–H groups in total. The number of amides is 1. The second-order valence-electron chi connectivity index (χ2n) is 4.78. The van der Waals surface area contributed by atoms with Gasteiger partial charge in [-0.15, -0.1) is 0 Å². The highest BCUT2D eigenvalue weighted by Crippen LogP contribution is 2.16. The van der Waals surface area contributed by atoms with Crippen LogP contribution in [0.1, 0.15) is 38.9 Å². The molecule has 1 aromatic heterocycles. The van der Waals surface area contributed by atoms with Crippen molar-refractivity contribution < 1.29 is 9.53 Å². The Morgan fingerprint density at radius 1 is 1.53 bits per heavy atom. The van der Waals surface area contributed by atoms with Crippen LogP contribution in [-0.4, -0.2) is 34.9 Å². The summed E-state index contributed by atoms with van der Waals surface area (Å²) < 4.78 is 7.99. The third kappa shape index (κ3) is 5.32. The van der Waals surface area contributed by atoms with Crippen LogP contribution in [0.25, 0.3) is 0 Å². The molecular weight excluding hydrogens is 310 g/mol. The van der Waals surface area contributed by atoms with E-state index in [0.29, 0.717) is 13.2 Å². The van der Waals surface area contributed by atoms with E-state index in [9.17, 15) is 4.79 Å². The highest BCUT2D eigenvalue weighted by Gasteiger charge is 2.16. The van der Waals surface area contributed by atoms with Gasteiger partial charge in [0, 0.05) is 19.3 Å². The topological polar surface area (TPSA) is 56.2 Å². The van der Waals surface area contributed by atoms with Crippen LogP contribution in [0.3, 0.4) is 0 Å². The molecule has 1 aromatic rings. The molecule has 1 heterocycles. The van der Waals surface area contributed by atoms with Crippen LogP contribution in [0.4, 0.5) is 0 Å². The zero-order valence-electron chi connectivity index (χ0n) is 11.9. The van der Waals surface area contributed by atoms with E-state index < -0.39 is 0 Å². The summed E-state index contributed by atoms with van der Waals surface area (Å²) in [6, 6.07) is -0.309. The first-order valence-corrected chi connectivity index (χ1v) is 7.31. The van der Waals surface area contributed by atoms with Gasteiger partial charge < -0.3 is 10.1 Å². The molecule has 0 saturated heterocycles. The molecule has 0 aliphatic heterocycles. The monoisotopic (exact) mass is 331 g/mol. The molecule has 1 amide bonds. The van der Waals surface area contributed by atoms with Crippen molar-refractivity contribution in [3.63, 3.8) is 0 Å². The number of ether oxygens (including phenoxy) is 1. The third-order valence-corrected chi connectivity index (χ3v) is 3.48. The number of nitrogens with zero attached hydrogens (tertiary/aromatic N) is 2. The average Bonchev–Trinajstić information content (AvgIpc) is 2.67. The predicted molar refractivity (Wildman–Crippen MR) is 78.1 cm³/mol. The Kier molecular flexibility index (Phi) is 6.51. The van der Waals surface area contributed by atoms with Crippen molar-refractivity contribution in [3.8, 4) is 0 Å². The summed E-state index contributed by atoms with van der Waals surface area (Å²) in [5.74, 6) is -0.0282. The van der Waals surface area contributed by atoms with E-state index in [0.717, 1.165) is 16.6 Å². The van der Waals surface area contributed by atoms with Gasteiger partial charge in [-0.2, -0.15) is 5.10 Å². The summed E-state index contributed by atoms with van der Waals surface area (Å²) in [6.07, 6.45) is 2.87. The minimum absolute atomic E-state index is 0.0282. The molecule has 0 radical (unpaired) electrons.